The molecule has 162 valence electrons. The molecule has 0 bridgehead atoms. The van der Waals surface area contributed by atoms with Crippen molar-refractivity contribution in [2.45, 2.75) is 57.8 Å². The Kier molecular flexibility index (Phi) is 7.31. The van der Waals surface area contributed by atoms with Gasteiger partial charge in [0.15, 0.2) is 0 Å². The van der Waals surface area contributed by atoms with E-state index in [-0.39, 0.29) is 12.1 Å². The normalized spacial score (nSPS) is 14.4. The molecule has 1 aromatic heterocycles. The third kappa shape index (κ3) is 5.71. The summed E-state index contributed by atoms with van der Waals surface area (Å²) in [6.07, 6.45) is 7.86. The van der Waals surface area contributed by atoms with Crippen molar-refractivity contribution >= 4 is 17.6 Å². The maximum absolute atomic E-state index is 13.3. The molecule has 31 heavy (non-hydrogen) atoms. The van der Waals surface area contributed by atoms with Crippen molar-refractivity contribution in [1.82, 2.24) is 14.8 Å². The summed E-state index contributed by atoms with van der Waals surface area (Å²) in [5, 5.41) is 3.91. The van der Waals surface area contributed by atoms with Gasteiger partial charge in [-0.3, -0.25) is 0 Å². The van der Waals surface area contributed by atoms with Gasteiger partial charge in [-0.05, 0) is 42.2 Å². The molecule has 0 radical (unpaired) electrons. The Morgan fingerprint density at radius 3 is 2.48 bits per heavy atom. The van der Waals surface area contributed by atoms with Gasteiger partial charge in [0.05, 0.1) is 6.54 Å². The fourth-order valence-corrected chi connectivity index (χ4v) is 4.56. The van der Waals surface area contributed by atoms with Crippen molar-refractivity contribution < 1.29 is 4.79 Å². The molecule has 1 fully saturated rings. The van der Waals surface area contributed by atoms with E-state index >= 15 is 0 Å². The molecule has 0 saturated heterocycles. The van der Waals surface area contributed by atoms with Gasteiger partial charge in [0.2, 0.25) is 0 Å². The van der Waals surface area contributed by atoms with Crippen molar-refractivity contribution in [1.29, 1.82) is 0 Å². The number of amides is 2. The van der Waals surface area contributed by atoms with Crippen LogP contribution in [-0.4, -0.2) is 21.5 Å². The van der Waals surface area contributed by atoms with Crippen LogP contribution >= 0.6 is 11.6 Å². The van der Waals surface area contributed by atoms with Gasteiger partial charge < -0.3 is 14.8 Å². The van der Waals surface area contributed by atoms with Gasteiger partial charge in [0.1, 0.15) is 0 Å². The molecule has 0 spiro atoms. The van der Waals surface area contributed by atoms with Crippen LogP contribution in [0.2, 0.25) is 5.02 Å². The Morgan fingerprint density at radius 2 is 1.71 bits per heavy atom. The van der Waals surface area contributed by atoms with Crippen LogP contribution < -0.4 is 5.32 Å². The zero-order chi connectivity index (χ0) is 21.5. The molecular weight excluding hydrogens is 406 g/mol. The highest BCUT2D eigenvalue weighted by Crippen LogP contribution is 2.25. The monoisotopic (exact) mass is 435 g/mol. The lowest BCUT2D eigenvalue weighted by Gasteiger charge is -2.34. The van der Waals surface area contributed by atoms with Crippen LogP contribution in [0.4, 0.5) is 4.79 Å². The van der Waals surface area contributed by atoms with Gasteiger partial charge in [-0.1, -0.05) is 79.4 Å². The van der Waals surface area contributed by atoms with Crippen LogP contribution in [0.1, 0.15) is 48.9 Å². The summed E-state index contributed by atoms with van der Waals surface area (Å²) in [6.45, 7) is 1.85. The predicted molar refractivity (Wildman–Crippen MR) is 126 cm³/mol. The number of carbonyl (C=O) groups is 1. The highest BCUT2D eigenvalue weighted by molar-refractivity contribution is 6.31. The second-order valence-corrected chi connectivity index (χ2v) is 8.69. The Hall–Kier alpha value is -2.72. The lowest BCUT2D eigenvalue weighted by Crippen LogP contribution is -2.46. The minimum Gasteiger partial charge on any atom is -0.345 e. The second-order valence-electron chi connectivity index (χ2n) is 8.28. The number of nitrogens with one attached hydrogen (secondary N) is 1. The number of benzene rings is 2. The summed E-state index contributed by atoms with van der Waals surface area (Å²) >= 11 is 6.38. The topological polar surface area (TPSA) is 37.3 Å². The minimum atomic E-state index is 0.0150. The lowest BCUT2D eigenvalue weighted by atomic mass is 9.94. The highest BCUT2D eigenvalue weighted by atomic mass is 35.5. The first kappa shape index (κ1) is 21.5. The van der Waals surface area contributed by atoms with Crippen molar-refractivity contribution in [3.63, 3.8) is 0 Å². The lowest BCUT2D eigenvalue weighted by molar-refractivity contribution is 0.149. The summed E-state index contributed by atoms with van der Waals surface area (Å²) in [6, 6.07) is 22.5. The molecule has 1 N–H and O–H groups in total. The first-order valence-corrected chi connectivity index (χ1v) is 11.5. The Labute approximate surface area is 189 Å². The first-order valence-electron chi connectivity index (χ1n) is 11.2. The Balaban J connectivity index is 1.49. The average molecular weight is 436 g/mol. The standard InChI is InChI=1S/C26H30ClN3O/c27-25-16-8-7-12-22(25)19-29-17-9-15-24(29)20-30(23-13-5-2-6-14-23)26(31)28-18-21-10-3-1-4-11-21/h1,3-4,7-12,15-17,23H,2,5-6,13-14,18-20H2,(H,28,31). The first-order chi connectivity index (χ1) is 15.2. The number of hydrogen-bond donors (Lipinski definition) is 1. The molecule has 1 heterocycles. The zero-order valence-electron chi connectivity index (χ0n) is 17.8. The van der Waals surface area contributed by atoms with E-state index < -0.39 is 0 Å². The second kappa shape index (κ2) is 10.5. The van der Waals surface area contributed by atoms with Crippen molar-refractivity contribution in [3.05, 3.63) is 94.8 Å². The predicted octanol–water partition coefficient (Wildman–Crippen LogP) is 6.23. The molecule has 4 rings (SSSR count). The third-order valence-corrected chi connectivity index (χ3v) is 6.49. The van der Waals surface area contributed by atoms with Crippen molar-refractivity contribution in [2.24, 2.45) is 0 Å². The van der Waals surface area contributed by atoms with E-state index in [0.29, 0.717) is 19.6 Å². The van der Waals surface area contributed by atoms with Gasteiger partial charge in [-0.2, -0.15) is 0 Å². The summed E-state index contributed by atoms with van der Waals surface area (Å²) in [7, 11) is 0. The fourth-order valence-electron chi connectivity index (χ4n) is 4.37. The molecule has 1 aliphatic rings. The molecule has 0 aliphatic heterocycles. The van der Waals surface area contributed by atoms with E-state index in [4.69, 9.17) is 11.6 Å². The Bertz CT molecular complexity index is 979. The summed E-state index contributed by atoms with van der Waals surface area (Å²) in [4.78, 5) is 15.3. The smallest absolute Gasteiger partial charge is 0.318 e. The SMILES string of the molecule is O=C(NCc1ccccc1)N(Cc1cccn1Cc1ccccc1Cl)C1CCCCC1. The van der Waals surface area contributed by atoms with Crippen LogP contribution in [0.5, 0.6) is 0 Å². The molecule has 2 aromatic carbocycles. The fraction of sp³-hybridized carbons (Fsp3) is 0.346. The van der Waals surface area contributed by atoms with Crippen LogP contribution in [0, 0.1) is 0 Å². The molecule has 1 aliphatic carbocycles. The number of aromatic nitrogens is 1. The van der Waals surface area contributed by atoms with Crippen LogP contribution in [0.25, 0.3) is 0 Å². The molecule has 0 atom stereocenters. The van der Waals surface area contributed by atoms with Crippen LogP contribution in [0.3, 0.4) is 0 Å². The number of rotatable bonds is 7. The average Bonchev–Trinajstić information content (AvgIpc) is 3.25. The maximum atomic E-state index is 13.3. The van der Waals surface area contributed by atoms with E-state index in [1.54, 1.807) is 0 Å². The Morgan fingerprint density at radius 1 is 0.968 bits per heavy atom. The largest absolute Gasteiger partial charge is 0.345 e. The summed E-state index contributed by atoms with van der Waals surface area (Å²) in [5.74, 6) is 0. The summed E-state index contributed by atoms with van der Waals surface area (Å²) < 4.78 is 2.20. The molecule has 4 nitrogen and oxygen atoms in total. The third-order valence-electron chi connectivity index (χ3n) is 6.12. The van der Waals surface area contributed by atoms with Gasteiger partial charge in [-0.15, -0.1) is 0 Å². The maximum Gasteiger partial charge on any atom is 0.318 e. The van der Waals surface area contributed by atoms with Gasteiger partial charge in [0, 0.05) is 36.0 Å². The number of carbonyl (C=O) groups excluding carboxylic acids is 1. The zero-order valence-corrected chi connectivity index (χ0v) is 18.6. The van der Waals surface area contributed by atoms with E-state index in [2.05, 4.69) is 28.2 Å². The number of nitrogens with zero attached hydrogens (tertiary/aromatic N) is 2. The van der Waals surface area contributed by atoms with Crippen molar-refractivity contribution in [2.75, 3.05) is 0 Å². The van der Waals surface area contributed by atoms with E-state index in [1.807, 2.05) is 59.5 Å². The number of hydrogen-bond acceptors (Lipinski definition) is 1. The quantitative estimate of drug-likeness (QED) is 0.469. The van der Waals surface area contributed by atoms with Crippen LogP contribution in [-0.2, 0) is 19.6 Å². The molecule has 2 amide bonds. The van der Waals surface area contributed by atoms with Crippen LogP contribution in [0.15, 0.2) is 72.9 Å². The number of halogens is 1. The minimum absolute atomic E-state index is 0.0150. The molecule has 0 unspecified atom stereocenters. The number of urea groups is 1. The molecular formula is C26H30ClN3O. The van der Waals surface area contributed by atoms with E-state index in [9.17, 15) is 4.79 Å². The van der Waals surface area contributed by atoms with E-state index in [1.165, 1.54) is 19.3 Å². The van der Waals surface area contributed by atoms with E-state index in [0.717, 1.165) is 34.7 Å². The molecule has 1 saturated carbocycles. The summed E-state index contributed by atoms with van der Waals surface area (Å²) in [5.41, 5.74) is 3.32. The molecule has 5 heteroatoms. The highest BCUT2D eigenvalue weighted by Gasteiger charge is 2.26. The molecule has 3 aromatic rings. The van der Waals surface area contributed by atoms with Gasteiger partial charge in [-0.25, -0.2) is 4.79 Å². The van der Waals surface area contributed by atoms with Gasteiger partial charge >= 0.3 is 6.03 Å². The van der Waals surface area contributed by atoms with Gasteiger partial charge in [0.25, 0.3) is 0 Å². The van der Waals surface area contributed by atoms with Crippen molar-refractivity contribution in [3.8, 4) is 0 Å².